The molecule has 1 aromatic carbocycles. The molecule has 1 fully saturated rings. The number of esters is 2. The molecule has 126 valence electrons. The van der Waals surface area contributed by atoms with Crippen LogP contribution in [0.3, 0.4) is 0 Å². The van der Waals surface area contributed by atoms with Crippen molar-refractivity contribution >= 4 is 28.5 Å². The summed E-state index contributed by atoms with van der Waals surface area (Å²) >= 11 is 0. The molecule has 1 aromatic heterocycles. The molecule has 0 bridgehead atoms. The van der Waals surface area contributed by atoms with Crippen molar-refractivity contribution < 1.29 is 19.1 Å². The molecule has 0 amide bonds. The number of hydrogen-bond acceptors (Lipinski definition) is 6. The number of carbonyl (C=O) groups excluding carboxylic acids is 2. The molecule has 2 aromatic rings. The van der Waals surface area contributed by atoms with E-state index in [-0.39, 0.29) is 11.6 Å². The van der Waals surface area contributed by atoms with Gasteiger partial charge in [-0.25, -0.2) is 9.59 Å². The van der Waals surface area contributed by atoms with Gasteiger partial charge in [-0.05, 0) is 32.0 Å². The zero-order valence-electron chi connectivity index (χ0n) is 14.0. The van der Waals surface area contributed by atoms with Gasteiger partial charge in [0.1, 0.15) is 0 Å². The first-order valence-corrected chi connectivity index (χ1v) is 7.67. The predicted molar refractivity (Wildman–Crippen MR) is 88.1 cm³/mol. The van der Waals surface area contributed by atoms with Crippen molar-refractivity contribution in [2.45, 2.75) is 39.5 Å². The minimum absolute atomic E-state index is 0.174. The Morgan fingerprint density at radius 3 is 2.50 bits per heavy atom. The van der Waals surface area contributed by atoms with Crippen LogP contribution >= 0.6 is 0 Å². The van der Waals surface area contributed by atoms with Crippen LogP contribution in [-0.4, -0.2) is 27.5 Å². The first-order chi connectivity index (χ1) is 11.3. The molecule has 1 aliphatic heterocycles. The van der Waals surface area contributed by atoms with E-state index in [1.54, 1.807) is 6.20 Å². The van der Waals surface area contributed by atoms with Crippen LogP contribution in [0.15, 0.2) is 36.2 Å². The monoisotopic (exact) mass is 329 g/mol. The topological polar surface area (TPSA) is 82.5 Å². The third-order valence-corrected chi connectivity index (χ3v) is 3.58. The maximum absolute atomic E-state index is 11.9. The SMILES string of the molecule is CC(C)n1ncc2cc(NC=C3C(=O)OC(C)(C)OC3=O)ccc21. The summed E-state index contributed by atoms with van der Waals surface area (Å²) < 4.78 is 12.0. The smallest absolute Gasteiger partial charge is 0.350 e. The van der Waals surface area contributed by atoms with Gasteiger partial charge in [0.05, 0.1) is 11.7 Å². The first kappa shape index (κ1) is 16.0. The zero-order valence-corrected chi connectivity index (χ0v) is 14.0. The van der Waals surface area contributed by atoms with Gasteiger partial charge in [-0.15, -0.1) is 0 Å². The Kier molecular flexibility index (Phi) is 3.79. The molecule has 0 saturated carbocycles. The van der Waals surface area contributed by atoms with Gasteiger partial charge in [0.15, 0.2) is 5.57 Å². The summed E-state index contributed by atoms with van der Waals surface area (Å²) in [5.74, 6) is -2.66. The van der Waals surface area contributed by atoms with Crippen LogP contribution in [0.4, 0.5) is 5.69 Å². The molecule has 0 aliphatic carbocycles. The van der Waals surface area contributed by atoms with Gasteiger partial charge in [-0.1, -0.05) is 0 Å². The van der Waals surface area contributed by atoms with Gasteiger partial charge < -0.3 is 14.8 Å². The largest absolute Gasteiger partial charge is 0.419 e. The number of rotatable bonds is 3. The Bertz CT molecular complexity index is 827. The van der Waals surface area contributed by atoms with Crippen molar-refractivity contribution in [1.29, 1.82) is 0 Å². The highest BCUT2D eigenvalue weighted by Gasteiger charge is 2.38. The van der Waals surface area contributed by atoms with E-state index in [4.69, 9.17) is 9.47 Å². The minimum Gasteiger partial charge on any atom is -0.419 e. The number of carbonyl (C=O) groups is 2. The molecule has 1 N–H and O–H groups in total. The van der Waals surface area contributed by atoms with Crippen molar-refractivity contribution in [2.75, 3.05) is 5.32 Å². The summed E-state index contributed by atoms with van der Waals surface area (Å²) in [6.45, 7) is 7.14. The van der Waals surface area contributed by atoms with Crippen molar-refractivity contribution in [3.05, 3.63) is 36.2 Å². The Balaban J connectivity index is 1.83. The predicted octanol–water partition coefficient (Wildman–Crippen LogP) is 2.75. The van der Waals surface area contributed by atoms with Crippen molar-refractivity contribution in [1.82, 2.24) is 9.78 Å². The van der Waals surface area contributed by atoms with Crippen LogP contribution in [0, 0.1) is 0 Å². The number of benzene rings is 1. The molecule has 0 unspecified atom stereocenters. The second kappa shape index (κ2) is 5.67. The van der Waals surface area contributed by atoms with E-state index in [1.165, 1.54) is 20.0 Å². The van der Waals surface area contributed by atoms with Gasteiger partial charge in [0, 0.05) is 37.2 Å². The number of fused-ring (bicyclic) bond motifs is 1. The molecule has 0 radical (unpaired) electrons. The number of nitrogens with zero attached hydrogens (tertiary/aromatic N) is 2. The Morgan fingerprint density at radius 2 is 1.88 bits per heavy atom. The normalized spacial score (nSPS) is 17.0. The molecule has 0 atom stereocenters. The fraction of sp³-hybridized carbons (Fsp3) is 0.353. The molecule has 7 nitrogen and oxygen atoms in total. The first-order valence-electron chi connectivity index (χ1n) is 7.67. The van der Waals surface area contributed by atoms with Gasteiger partial charge in [-0.2, -0.15) is 5.10 Å². The van der Waals surface area contributed by atoms with Crippen molar-refractivity contribution in [2.24, 2.45) is 0 Å². The fourth-order valence-electron chi connectivity index (χ4n) is 2.49. The lowest BCUT2D eigenvalue weighted by molar-refractivity contribution is -0.222. The summed E-state index contributed by atoms with van der Waals surface area (Å²) in [6.07, 6.45) is 3.08. The van der Waals surface area contributed by atoms with Gasteiger partial charge >= 0.3 is 11.9 Å². The maximum atomic E-state index is 11.9. The standard InChI is InChI=1S/C17H19N3O4/c1-10(2)20-14-6-5-12(7-11(14)8-19-20)18-9-13-15(21)23-17(3,4)24-16(13)22/h5-10,18H,1-4H3. The maximum Gasteiger partial charge on any atom is 0.350 e. The van der Waals surface area contributed by atoms with E-state index in [1.807, 2.05) is 22.9 Å². The molecule has 1 saturated heterocycles. The second-order valence-corrected chi connectivity index (χ2v) is 6.34. The summed E-state index contributed by atoms with van der Waals surface area (Å²) in [5, 5.41) is 8.24. The molecule has 3 rings (SSSR count). The summed E-state index contributed by atoms with van der Waals surface area (Å²) in [7, 11) is 0. The molecular formula is C17H19N3O4. The molecular weight excluding hydrogens is 310 g/mol. The highest BCUT2D eigenvalue weighted by atomic mass is 16.7. The third kappa shape index (κ3) is 2.97. The lowest BCUT2D eigenvalue weighted by Crippen LogP contribution is -2.42. The van der Waals surface area contributed by atoms with E-state index in [0.717, 1.165) is 16.6 Å². The molecule has 1 aliphatic rings. The Hall–Kier alpha value is -2.83. The van der Waals surface area contributed by atoms with Gasteiger partial charge in [-0.3, -0.25) is 4.68 Å². The number of nitrogens with one attached hydrogen (secondary N) is 1. The van der Waals surface area contributed by atoms with Crippen LogP contribution in [0.25, 0.3) is 10.9 Å². The van der Waals surface area contributed by atoms with Crippen LogP contribution in [0.2, 0.25) is 0 Å². The molecule has 2 heterocycles. The second-order valence-electron chi connectivity index (χ2n) is 6.34. The third-order valence-electron chi connectivity index (χ3n) is 3.58. The van der Waals surface area contributed by atoms with E-state index < -0.39 is 17.7 Å². The van der Waals surface area contributed by atoms with Crippen molar-refractivity contribution in [3.63, 3.8) is 0 Å². The quantitative estimate of drug-likeness (QED) is 0.530. The van der Waals surface area contributed by atoms with E-state index in [9.17, 15) is 9.59 Å². The number of hydrogen-bond donors (Lipinski definition) is 1. The Morgan fingerprint density at radius 1 is 1.21 bits per heavy atom. The highest BCUT2D eigenvalue weighted by molar-refractivity contribution is 6.15. The minimum atomic E-state index is -1.24. The van der Waals surface area contributed by atoms with Crippen LogP contribution in [0.5, 0.6) is 0 Å². The summed E-state index contributed by atoms with van der Waals surface area (Å²) in [4.78, 5) is 23.8. The van der Waals surface area contributed by atoms with Gasteiger partial charge in [0.25, 0.3) is 5.79 Å². The molecule has 0 spiro atoms. The summed E-state index contributed by atoms with van der Waals surface area (Å²) in [6, 6.07) is 5.94. The van der Waals surface area contributed by atoms with E-state index >= 15 is 0 Å². The van der Waals surface area contributed by atoms with Gasteiger partial charge in [0.2, 0.25) is 0 Å². The van der Waals surface area contributed by atoms with Crippen LogP contribution in [0.1, 0.15) is 33.7 Å². The average Bonchev–Trinajstić information content (AvgIpc) is 2.88. The van der Waals surface area contributed by atoms with Crippen LogP contribution < -0.4 is 5.32 Å². The average molecular weight is 329 g/mol. The highest BCUT2D eigenvalue weighted by Crippen LogP contribution is 2.24. The Labute approximate surface area is 139 Å². The number of anilines is 1. The van der Waals surface area contributed by atoms with Crippen LogP contribution in [-0.2, 0) is 19.1 Å². The summed E-state index contributed by atoms with van der Waals surface area (Å²) in [5.41, 5.74) is 1.57. The number of cyclic esters (lactones) is 2. The van der Waals surface area contributed by atoms with E-state index in [2.05, 4.69) is 24.3 Å². The fourth-order valence-corrected chi connectivity index (χ4v) is 2.49. The lowest BCUT2D eigenvalue weighted by atomic mass is 10.2. The molecule has 7 heteroatoms. The van der Waals surface area contributed by atoms with Crippen molar-refractivity contribution in [3.8, 4) is 0 Å². The molecule has 24 heavy (non-hydrogen) atoms. The number of ether oxygens (including phenoxy) is 2. The zero-order chi connectivity index (χ0) is 17.5. The lowest BCUT2D eigenvalue weighted by Gasteiger charge is -2.29. The van der Waals surface area contributed by atoms with E-state index in [0.29, 0.717) is 0 Å². The number of aromatic nitrogens is 2.